The number of hydrogen-bond acceptors (Lipinski definition) is 7. The molecule has 2 aromatic rings. The Labute approximate surface area is 174 Å². The molecule has 0 fully saturated rings. The first kappa shape index (κ1) is 21.7. The molecule has 0 atom stereocenters. The second-order valence-corrected chi connectivity index (χ2v) is 7.77. The van der Waals surface area contributed by atoms with E-state index < -0.39 is 10.0 Å². The van der Waals surface area contributed by atoms with Gasteiger partial charge in [0.25, 0.3) is 0 Å². The van der Waals surface area contributed by atoms with E-state index in [1.165, 1.54) is 24.3 Å². The molecule has 0 spiro atoms. The molecule has 0 aliphatic carbocycles. The second-order valence-electron chi connectivity index (χ2n) is 6.02. The van der Waals surface area contributed by atoms with Crippen molar-refractivity contribution in [3.63, 3.8) is 0 Å². The van der Waals surface area contributed by atoms with Gasteiger partial charge in [-0.15, -0.1) is 0 Å². The van der Waals surface area contributed by atoms with Crippen LogP contribution in [0.2, 0.25) is 0 Å². The molecule has 0 bridgehead atoms. The molecule has 0 unspecified atom stereocenters. The van der Waals surface area contributed by atoms with Crippen LogP contribution in [-0.4, -0.2) is 14.7 Å². The molecule has 0 saturated heterocycles. The maximum atomic E-state index is 11.4. The lowest BCUT2D eigenvalue weighted by molar-refractivity contribution is 0.607. The van der Waals surface area contributed by atoms with Gasteiger partial charge in [-0.05, 0) is 35.4 Å². The molecule has 0 aromatic heterocycles. The quantitative estimate of drug-likeness (QED) is 0.430. The summed E-state index contributed by atoms with van der Waals surface area (Å²) in [6, 6.07) is 19.4. The molecule has 0 amide bonds. The first-order valence-electron chi connectivity index (χ1n) is 8.27. The summed E-state index contributed by atoms with van der Waals surface area (Å²) < 4.78 is 25.1. The van der Waals surface area contributed by atoms with Crippen LogP contribution in [-0.2, 0) is 10.0 Å². The van der Waals surface area contributed by atoms with E-state index in [1.54, 1.807) is 48.5 Å². The van der Waals surface area contributed by atoms with Crippen LogP contribution in [0, 0.1) is 45.3 Å². The number of sulfonamides is 1. The maximum Gasteiger partial charge on any atom is 0.229 e. The third-order valence-corrected chi connectivity index (χ3v) is 4.48. The molecule has 8 nitrogen and oxygen atoms in total. The molecule has 0 heterocycles. The maximum absolute atomic E-state index is 11.4. The molecule has 30 heavy (non-hydrogen) atoms. The fourth-order valence-electron chi connectivity index (χ4n) is 2.67. The lowest BCUT2D eigenvalue weighted by Crippen LogP contribution is -2.09. The van der Waals surface area contributed by atoms with Gasteiger partial charge in [-0.2, -0.15) is 21.0 Å². The summed E-state index contributed by atoms with van der Waals surface area (Å²) in [6.07, 6.45) is 1.00. The average molecular weight is 414 g/mol. The molecular formula is C21H14N6O2S. The standard InChI is InChI=1S/C21H14N6O2S/c1-30(28,29)27-19-8-4-15(5-9-19)21(17(12-24)13-25)20(16(10-22)11-23)14-2-6-18(26)7-3-14/h2-9,27H,26H2,1H3. The first-order valence-corrected chi connectivity index (χ1v) is 10.2. The van der Waals surface area contributed by atoms with Crippen LogP contribution >= 0.6 is 0 Å². The predicted molar refractivity (Wildman–Crippen MR) is 112 cm³/mol. The van der Waals surface area contributed by atoms with Crippen molar-refractivity contribution in [3.8, 4) is 24.3 Å². The number of rotatable bonds is 5. The molecular weight excluding hydrogens is 400 g/mol. The summed E-state index contributed by atoms with van der Waals surface area (Å²) in [4.78, 5) is 0. The van der Waals surface area contributed by atoms with Gasteiger partial charge in [0.1, 0.15) is 35.4 Å². The van der Waals surface area contributed by atoms with Crippen molar-refractivity contribution in [2.45, 2.75) is 0 Å². The lowest BCUT2D eigenvalue weighted by atomic mass is 9.86. The number of nitrogen functional groups attached to an aromatic ring is 1. The smallest absolute Gasteiger partial charge is 0.229 e. The van der Waals surface area contributed by atoms with Crippen molar-refractivity contribution in [1.29, 1.82) is 21.0 Å². The highest BCUT2D eigenvalue weighted by Gasteiger charge is 2.21. The molecule has 2 rings (SSSR count). The van der Waals surface area contributed by atoms with Gasteiger partial charge in [-0.1, -0.05) is 24.3 Å². The van der Waals surface area contributed by atoms with Gasteiger partial charge in [0.05, 0.1) is 6.26 Å². The van der Waals surface area contributed by atoms with Gasteiger partial charge in [0.15, 0.2) is 0 Å². The Morgan fingerprint density at radius 3 is 1.47 bits per heavy atom. The highest BCUT2D eigenvalue weighted by atomic mass is 32.2. The van der Waals surface area contributed by atoms with E-state index in [4.69, 9.17) is 5.73 Å². The van der Waals surface area contributed by atoms with Gasteiger partial charge in [-0.3, -0.25) is 4.72 Å². The van der Waals surface area contributed by atoms with Gasteiger partial charge in [0.2, 0.25) is 10.0 Å². The fourth-order valence-corrected chi connectivity index (χ4v) is 3.23. The van der Waals surface area contributed by atoms with Crippen LogP contribution in [0.25, 0.3) is 11.1 Å². The summed E-state index contributed by atoms with van der Waals surface area (Å²) in [5.74, 6) is 0. The number of nitrogens with zero attached hydrogens (tertiary/aromatic N) is 4. The van der Waals surface area contributed by atoms with Crippen LogP contribution < -0.4 is 10.5 Å². The molecule has 0 radical (unpaired) electrons. The molecule has 2 aromatic carbocycles. The monoisotopic (exact) mass is 414 g/mol. The van der Waals surface area contributed by atoms with Crippen LogP contribution in [0.15, 0.2) is 59.7 Å². The Morgan fingerprint density at radius 1 is 0.767 bits per heavy atom. The minimum absolute atomic E-state index is 0.0776. The van der Waals surface area contributed by atoms with E-state index >= 15 is 0 Å². The number of nitriles is 4. The topological polar surface area (TPSA) is 167 Å². The number of nitrogens with one attached hydrogen (secondary N) is 1. The summed E-state index contributed by atoms with van der Waals surface area (Å²) in [5.41, 5.74) is 6.78. The highest BCUT2D eigenvalue weighted by molar-refractivity contribution is 7.92. The summed E-state index contributed by atoms with van der Waals surface area (Å²) >= 11 is 0. The number of allylic oxidation sites excluding steroid dienone is 4. The number of nitrogens with two attached hydrogens (primary N) is 1. The largest absolute Gasteiger partial charge is 0.399 e. The Bertz CT molecular complexity index is 1280. The van der Waals surface area contributed by atoms with Crippen molar-refractivity contribution >= 4 is 32.5 Å². The minimum atomic E-state index is -3.49. The van der Waals surface area contributed by atoms with Gasteiger partial charge in [-0.25, -0.2) is 8.42 Å². The van der Waals surface area contributed by atoms with Crippen LogP contribution in [0.1, 0.15) is 11.1 Å². The van der Waals surface area contributed by atoms with Crippen molar-refractivity contribution in [2.24, 2.45) is 0 Å². The highest BCUT2D eigenvalue weighted by Crippen LogP contribution is 2.37. The molecule has 9 heteroatoms. The molecule has 146 valence electrons. The Morgan fingerprint density at radius 2 is 1.13 bits per heavy atom. The van der Waals surface area contributed by atoms with E-state index in [0.29, 0.717) is 16.8 Å². The van der Waals surface area contributed by atoms with Crippen molar-refractivity contribution in [1.82, 2.24) is 0 Å². The second kappa shape index (κ2) is 9.08. The zero-order valence-electron chi connectivity index (χ0n) is 15.7. The lowest BCUT2D eigenvalue weighted by Gasteiger charge is -2.15. The molecule has 0 saturated carbocycles. The molecule has 3 N–H and O–H groups in total. The Hall–Kier alpha value is -4.57. The number of anilines is 2. The van der Waals surface area contributed by atoms with E-state index in [-0.39, 0.29) is 28.0 Å². The van der Waals surface area contributed by atoms with Gasteiger partial charge < -0.3 is 5.73 Å². The van der Waals surface area contributed by atoms with Crippen LogP contribution in [0.5, 0.6) is 0 Å². The van der Waals surface area contributed by atoms with Crippen molar-refractivity contribution in [3.05, 3.63) is 70.8 Å². The fraction of sp³-hybridized carbons (Fsp3) is 0.0476. The first-order chi connectivity index (χ1) is 14.2. The van der Waals surface area contributed by atoms with Crippen molar-refractivity contribution < 1.29 is 8.42 Å². The summed E-state index contributed by atoms with van der Waals surface area (Å²) in [5, 5.41) is 38.0. The van der Waals surface area contributed by atoms with E-state index in [2.05, 4.69) is 4.72 Å². The van der Waals surface area contributed by atoms with E-state index in [9.17, 15) is 29.5 Å². The van der Waals surface area contributed by atoms with Crippen molar-refractivity contribution in [2.75, 3.05) is 16.7 Å². The van der Waals surface area contributed by atoms with Gasteiger partial charge >= 0.3 is 0 Å². The van der Waals surface area contributed by atoms with Gasteiger partial charge in [0, 0.05) is 22.5 Å². The Balaban J connectivity index is 2.83. The normalized spacial score (nSPS) is 9.77. The molecule has 0 aliphatic heterocycles. The average Bonchev–Trinajstić information content (AvgIpc) is 2.71. The Kier molecular flexibility index (Phi) is 6.58. The number of benzene rings is 2. The number of hydrogen-bond donors (Lipinski definition) is 2. The van der Waals surface area contributed by atoms with Crippen LogP contribution in [0.4, 0.5) is 11.4 Å². The minimum Gasteiger partial charge on any atom is -0.399 e. The molecule has 0 aliphatic rings. The van der Waals surface area contributed by atoms with E-state index in [1.807, 2.05) is 0 Å². The zero-order chi connectivity index (χ0) is 22.3. The third kappa shape index (κ3) is 5.03. The SMILES string of the molecule is CS(=O)(=O)Nc1ccc(C(=C(C#N)C#N)C(=C(C#N)C#N)c2ccc(N)cc2)cc1. The van der Waals surface area contributed by atoms with E-state index in [0.717, 1.165) is 6.26 Å². The summed E-state index contributed by atoms with van der Waals surface area (Å²) in [6.45, 7) is 0. The summed E-state index contributed by atoms with van der Waals surface area (Å²) in [7, 11) is -3.49. The zero-order valence-corrected chi connectivity index (χ0v) is 16.5. The third-order valence-electron chi connectivity index (χ3n) is 3.87. The predicted octanol–water partition coefficient (Wildman–Crippen LogP) is 2.94. The van der Waals surface area contributed by atoms with Crippen LogP contribution in [0.3, 0.4) is 0 Å².